The van der Waals surface area contributed by atoms with Gasteiger partial charge in [-0.15, -0.1) is 0 Å². The summed E-state index contributed by atoms with van der Waals surface area (Å²) in [6, 6.07) is 12.1. The molecule has 0 aliphatic carbocycles. The first kappa shape index (κ1) is 11.7. The Morgan fingerprint density at radius 3 is 2.56 bits per heavy atom. The molecule has 2 aromatic carbocycles. The van der Waals surface area contributed by atoms with Crippen LogP contribution >= 0.6 is 15.9 Å². The topological polar surface area (TPSA) is 20.3 Å². The number of halogens is 1. The molecule has 1 aliphatic rings. The van der Waals surface area contributed by atoms with Crippen LogP contribution in [0.4, 0.5) is 0 Å². The molecule has 92 valence electrons. The number of rotatable bonds is 1. The molecule has 1 saturated heterocycles. The first-order valence-corrected chi connectivity index (χ1v) is 7.03. The fourth-order valence-electron chi connectivity index (χ4n) is 2.49. The van der Waals surface area contributed by atoms with Crippen molar-refractivity contribution in [2.24, 2.45) is 0 Å². The van der Waals surface area contributed by atoms with Crippen molar-refractivity contribution < 1.29 is 4.79 Å². The van der Waals surface area contributed by atoms with E-state index >= 15 is 0 Å². The molecule has 1 amide bonds. The molecule has 3 rings (SSSR count). The highest BCUT2D eigenvalue weighted by Gasteiger charge is 2.21. The Balaban J connectivity index is 2.06. The normalized spacial score (nSPS) is 15.3. The lowest BCUT2D eigenvalue weighted by atomic mass is 10.1. The van der Waals surface area contributed by atoms with Gasteiger partial charge in [-0.25, -0.2) is 0 Å². The molecule has 0 radical (unpaired) electrons. The van der Waals surface area contributed by atoms with E-state index in [2.05, 4.69) is 22.0 Å². The number of hydrogen-bond acceptors (Lipinski definition) is 1. The highest BCUT2D eigenvalue weighted by molar-refractivity contribution is 9.10. The molecule has 3 heteroatoms. The van der Waals surface area contributed by atoms with Gasteiger partial charge in [-0.3, -0.25) is 4.79 Å². The number of nitrogens with zero attached hydrogens (tertiary/aromatic N) is 1. The van der Waals surface area contributed by atoms with Crippen LogP contribution in [0.2, 0.25) is 0 Å². The monoisotopic (exact) mass is 303 g/mol. The second kappa shape index (κ2) is 4.73. The maximum absolute atomic E-state index is 12.4. The van der Waals surface area contributed by atoms with Gasteiger partial charge in [-0.2, -0.15) is 0 Å². The van der Waals surface area contributed by atoms with Crippen LogP contribution in [-0.2, 0) is 0 Å². The van der Waals surface area contributed by atoms with Gasteiger partial charge in [0.1, 0.15) is 0 Å². The van der Waals surface area contributed by atoms with Gasteiger partial charge < -0.3 is 4.90 Å². The lowest BCUT2D eigenvalue weighted by Gasteiger charge is -2.16. The van der Waals surface area contributed by atoms with E-state index in [0.717, 1.165) is 46.7 Å². The third-order valence-electron chi connectivity index (χ3n) is 3.49. The van der Waals surface area contributed by atoms with Crippen LogP contribution in [0.5, 0.6) is 0 Å². The van der Waals surface area contributed by atoms with Crippen molar-refractivity contribution in [3.05, 3.63) is 46.4 Å². The number of fused-ring (bicyclic) bond motifs is 1. The number of carbonyl (C=O) groups excluding carboxylic acids is 1. The van der Waals surface area contributed by atoms with Gasteiger partial charge in [0, 0.05) is 17.6 Å². The summed E-state index contributed by atoms with van der Waals surface area (Å²) in [5.41, 5.74) is 0.774. The maximum Gasteiger partial charge on any atom is 0.255 e. The van der Waals surface area contributed by atoms with Crippen LogP contribution in [0, 0.1) is 0 Å². The summed E-state index contributed by atoms with van der Waals surface area (Å²) in [6.45, 7) is 1.77. The van der Waals surface area contributed by atoms with Gasteiger partial charge in [0.25, 0.3) is 5.91 Å². The molecule has 2 nitrogen and oxygen atoms in total. The average Bonchev–Trinajstić information content (AvgIpc) is 2.93. The van der Waals surface area contributed by atoms with Crippen molar-refractivity contribution in [3.8, 4) is 0 Å². The molecule has 2 aromatic rings. The van der Waals surface area contributed by atoms with Crippen LogP contribution in [0.3, 0.4) is 0 Å². The molecule has 0 aromatic heterocycles. The minimum atomic E-state index is 0.144. The predicted octanol–water partition coefficient (Wildman–Crippen LogP) is 3.84. The van der Waals surface area contributed by atoms with Gasteiger partial charge in [0.05, 0.1) is 5.56 Å². The molecular weight excluding hydrogens is 290 g/mol. The average molecular weight is 304 g/mol. The molecule has 1 aliphatic heterocycles. The predicted molar refractivity (Wildman–Crippen MR) is 76.8 cm³/mol. The zero-order valence-corrected chi connectivity index (χ0v) is 11.6. The zero-order valence-electron chi connectivity index (χ0n) is 10.0. The lowest BCUT2D eigenvalue weighted by Crippen LogP contribution is -2.27. The first-order valence-electron chi connectivity index (χ1n) is 6.24. The first-order chi connectivity index (χ1) is 8.77. The van der Waals surface area contributed by atoms with Crippen LogP contribution < -0.4 is 0 Å². The van der Waals surface area contributed by atoms with Crippen LogP contribution in [0.15, 0.2) is 40.9 Å². The van der Waals surface area contributed by atoms with Crippen molar-refractivity contribution in [2.45, 2.75) is 12.8 Å². The fraction of sp³-hybridized carbons (Fsp3) is 0.267. The summed E-state index contributed by atoms with van der Waals surface area (Å²) in [5.74, 6) is 0.144. The summed E-state index contributed by atoms with van der Waals surface area (Å²) < 4.78 is 0.914. The Morgan fingerprint density at radius 2 is 1.78 bits per heavy atom. The van der Waals surface area contributed by atoms with Crippen molar-refractivity contribution in [1.82, 2.24) is 4.90 Å². The van der Waals surface area contributed by atoms with E-state index in [9.17, 15) is 4.79 Å². The summed E-state index contributed by atoms with van der Waals surface area (Å²) in [5, 5.41) is 2.25. The van der Waals surface area contributed by atoms with Crippen molar-refractivity contribution in [1.29, 1.82) is 0 Å². The molecule has 0 N–H and O–H groups in total. The zero-order chi connectivity index (χ0) is 12.5. The van der Waals surface area contributed by atoms with E-state index in [1.54, 1.807) is 0 Å². The third-order valence-corrected chi connectivity index (χ3v) is 4.34. The van der Waals surface area contributed by atoms with E-state index in [1.807, 2.05) is 35.2 Å². The highest BCUT2D eigenvalue weighted by Crippen LogP contribution is 2.29. The minimum Gasteiger partial charge on any atom is -0.339 e. The van der Waals surface area contributed by atoms with Crippen LogP contribution in [0.1, 0.15) is 23.2 Å². The highest BCUT2D eigenvalue weighted by atomic mass is 79.9. The SMILES string of the molecule is O=C(c1ccc2ccccc2c1Br)N1CCCC1. The molecule has 0 atom stereocenters. The second-order valence-electron chi connectivity index (χ2n) is 4.65. The lowest BCUT2D eigenvalue weighted by molar-refractivity contribution is 0.0792. The molecule has 0 saturated carbocycles. The number of carbonyl (C=O) groups is 1. The Morgan fingerprint density at radius 1 is 1.06 bits per heavy atom. The van der Waals surface area contributed by atoms with E-state index in [1.165, 1.54) is 0 Å². The van der Waals surface area contributed by atoms with Gasteiger partial charge in [0.2, 0.25) is 0 Å². The van der Waals surface area contributed by atoms with E-state index in [4.69, 9.17) is 0 Å². The maximum atomic E-state index is 12.4. The number of hydrogen-bond donors (Lipinski definition) is 0. The standard InChI is InChI=1S/C15H14BrNO/c16-14-12-6-2-1-5-11(12)7-8-13(14)15(18)17-9-3-4-10-17/h1-2,5-8H,3-4,9-10H2. The third kappa shape index (κ3) is 1.93. The van der Waals surface area contributed by atoms with Crippen molar-refractivity contribution in [3.63, 3.8) is 0 Å². The Kier molecular flexibility index (Phi) is 3.08. The molecule has 1 heterocycles. The molecular formula is C15H14BrNO. The molecule has 0 spiro atoms. The van der Waals surface area contributed by atoms with Crippen LogP contribution in [0.25, 0.3) is 10.8 Å². The van der Waals surface area contributed by atoms with Gasteiger partial charge >= 0.3 is 0 Å². The van der Waals surface area contributed by atoms with Crippen LogP contribution in [-0.4, -0.2) is 23.9 Å². The minimum absolute atomic E-state index is 0.144. The molecule has 0 bridgehead atoms. The quantitative estimate of drug-likeness (QED) is 0.784. The van der Waals surface area contributed by atoms with Gasteiger partial charge in [-0.1, -0.05) is 30.3 Å². The second-order valence-corrected chi connectivity index (χ2v) is 5.44. The van der Waals surface area contributed by atoms with Crippen molar-refractivity contribution in [2.75, 3.05) is 13.1 Å². The number of amides is 1. The number of likely N-dealkylation sites (tertiary alicyclic amines) is 1. The molecule has 0 unspecified atom stereocenters. The summed E-state index contributed by atoms with van der Waals surface area (Å²) in [6.07, 6.45) is 2.24. The summed E-state index contributed by atoms with van der Waals surface area (Å²) in [7, 11) is 0. The Hall–Kier alpha value is -1.35. The van der Waals surface area contributed by atoms with E-state index < -0.39 is 0 Å². The van der Waals surface area contributed by atoms with E-state index in [-0.39, 0.29) is 5.91 Å². The van der Waals surface area contributed by atoms with Gasteiger partial charge in [0.15, 0.2) is 0 Å². The van der Waals surface area contributed by atoms with E-state index in [0.29, 0.717) is 0 Å². The smallest absolute Gasteiger partial charge is 0.255 e. The summed E-state index contributed by atoms with van der Waals surface area (Å²) >= 11 is 3.58. The largest absolute Gasteiger partial charge is 0.339 e. The molecule has 18 heavy (non-hydrogen) atoms. The number of benzene rings is 2. The Bertz CT molecular complexity index is 602. The Labute approximate surface area is 115 Å². The molecule has 1 fully saturated rings. The fourth-order valence-corrected chi connectivity index (χ4v) is 3.15. The van der Waals surface area contributed by atoms with Gasteiger partial charge in [-0.05, 0) is 45.6 Å². The summed E-state index contributed by atoms with van der Waals surface area (Å²) in [4.78, 5) is 14.3. The van der Waals surface area contributed by atoms with Crippen molar-refractivity contribution >= 4 is 32.6 Å².